The molecule has 15 heavy (non-hydrogen) atoms. The molecule has 0 amide bonds. The monoisotopic (exact) mass is 355 g/mol. The number of halogens is 2. The Bertz CT molecular complexity index is 534. The first-order valence-corrected chi connectivity index (χ1v) is 7.46. The molecule has 0 spiro atoms. The van der Waals surface area contributed by atoms with Crippen LogP contribution in [-0.2, 0) is 15.5 Å². The van der Waals surface area contributed by atoms with Gasteiger partial charge in [0.05, 0.1) is 5.56 Å². The van der Waals surface area contributed by atoms with Gasteiger partial charge in [-0.2, -0.15) is 5.26 Å². The fourth-order valence-electron chi connectivity index (χ4n) is 1.18. The Morgan fingerprint density at radius 2 is 2.13 bits per heavy atom. The van der Waals surface area contributed by atoms with Gasteiger partial charge in [0, 0.05) is 14.3 Å². The summed E-state index contributed by atoms with van der Waals surface area (Å²) < 4.78 is 23.0. The van der Waals surface area contributed by atoms with E-state index in [2.05, 4.69) is 0 Å². The highest BCUT2D eigenvalue weighted by atomic mass is 127. The van der Waals surface area contributed by atoms with E-state index in [4.69, 9.17) is 15.9 Å². The number of nitrogens with zero attached hydrogens (tertiary/aromatic N) is 1. The lowest BCUT2D eigenvalue weighted by Gasteiger charge is -2.06. The Labute approximate surface area is 107 Å². The van der Waals surface area contributed by atoms with Gasteiger partial charge in [0.1, 0.15) is 11.0 Å². The molecule has 0 saturated heterocycles. The van der Waals surface area contributed by atoms with Gasteiger partial charge in [0.25, 0.3) is 9.05 Å². The molecule has 0 heterocycles. The van der Waals surface area contributed by atoms with E-state index in [0.717, 1.165) is 12.0 Å². The highest BCUT2D eigenvalue weighted by Gasteiger charge is 2.19. The van der Waals surface area contributed by atoms with E-state index < -0.39 is 9.05 Å². The lowest BCUT2D eigenvalue weighted by Crippen LogP contribution is -2.00. The van der Waals surface area contributed by atoms with Crippen molar-refractivity contribution in [3.05, 3.63) is 26.8 Å². The first kappa shape index (κ1) is 12.7. The van der Waals surface area contributed by atoms with E-state index in [-0.39, 0.29) is 10.5 Å². The Morgan fingerprint density at radius 3 is 2.53 bits per heavy atom. The molecule has 1 rings (SSSR count). The third kappa shape index (κ3) is 2.62. The summed E-state index contributed by atoms with van der Waals surface area (Å²) in [6, 6.07) is 4.93. The summed E-state index contributed by atoms with van der Waals surface area (Å²) in [6.45, 7) is 1.94. The summed E-state index contributed by atoms with van der Waals surface area (Å²) in [7, 11) is 1.38. The molecule has 0 aliphatic heterocycles. The second kappa shape index (κ2) is 4.68. The molecule has 0 unspecified atom stereocenters. The van der Waals surface area contributed by atoms with Crippen LogP contribution in [0.5, 0.6) is 0 Å². The Balaban J connectivity index is 3.61. The van der Waals surface area contributed by atoms with Crippen LogP contribution in [0.25, 0.3) is 0 Å². The van der Waals surface area contributed by atoms with Crippen LogP contribution in [0.1, 0.15) is 18.1 Å². The lowest BCUT2D eigenvalue weighted by molar-refractivity contribution is 0.609. The molecule has 0 aliphatic rings. The number of hydrogen-bond acceptors (Lipinski definition) is 3. The summed E-state index contributed by atoms with van der Waals surface area (Å²) in [5, 5.41) is 8.90. The minimum absolute atomic E-state index is 0.117. The van der Waals surface area contributed by atoms with Crippen molar-refractivity contribution >= 4 is 42.3 Å². The van der Waals surface area contributed by atoms with Crippen LogP contribution in [0.2, 0.25) is 0 Å². The summed E-state index contributed by atoms with van der Waals surface area (Å²) in [4.78, 5) is -0.117. The van der Waals surface area contributed by atoms with Gasteiger partial charge >= 0.3 is 0 Å². The highest BCUT2D eigenvalue weighted by Crippen LogP contribution is 2.26. The smallest absolute Gasteiger partial charge is 0.207 e. The van der Waals surface area contributed by atoms with E-state index in [0.29, 0.717) is 3.57 Å². The van der Waals surface area contributed by atoms with Gasteiger partial charge in [0.2, 0.25) is 0 Å². The van der Waals surface area contributed by atoms with Crippen molar-refractivity contribution in [2.45, 2.75) is 18.2 Å². The van der Waals surface area contributed by atoms with Crippen molar-refractivity contribution in [2.24, 2.45) is 0 Å². The third-order valence-electron chi connectivity index (χ3n) is 1.94. The zero-order valence-electron chi connectivity index (χ0n) is 7.79. The molecular formula is C9H7ClINO2S. The number of hydrogen-bond donors (Lipinski definition) is 0. The fourth-order valence-corrected chi connectivity index (χ4v) is 3.35. The van der Waals surface area contributed by atoms with Crippen LogP contribution in [0.4, 0.5) is 0 Å². The normalized spacial score (nSPS) is 11.1. The van der Waals surface area contributed by atoms with Crippen molar-refractivity contribution in [1.82, 2.24) is 0 Å². The molecule has 0 atom stereocenters. The SMILES string of the molecule is CCc1ccc(S(=O)(=O)Cl)c(C#N)c1I. The molecule has 0 saturated carbocycles. The highest BCUT2D eigenvalue weighted by molar-refractivity contribution is 14.1. The van der Waals surface area contributed by atoms with E-state index in [1.54, 1.807) is 6.07 Å². The number of nitriles is 1. The van der Waals surface area contributed by atoms with Crippen LogP contribution in [0.15, 0.2) is 17.0 Å². The van der Waals surface area contributed by atoms with Gasteiger partial charge in [-0.1, -0.05) is 13.0 Å². The van der Waals surface area contributed by atoms with Crippen LogP contribution in [0, 0.1) is 14.9 Å². The quantitative estimate of drug-likeness (QED) is 0.605. The van der Waals surface area contributed by atoms with Gasteiger partial charge in [0.15, 0.2) is 0 Å². The van der Waals surface area contributed by atoms with Crippen LogP contribution >= 0.6 is 33.3 Å². The van der Waals surface area contributed by atoms with Crippen molar-refractivity contribution in [2.75, 3.05) is 0 Å². The predicted octanol–water partition coefficient (Wildman–Crippen LogP) is 2.65. The van der Waals surface area contributed by atoms with E-state index in [9.17, 15) is 8.42 Å². The molecule has 0 N–H and O–H groups in total. The molecule has 0 radical (unpaired) electrons. The summed E-state index contributed by atoms with van der Waals surface area (Å²) in [6.07, 6.45) is 0.746. The fraction of sp³-hybridized carbons (Fsp3) is 0.222. The molecule has 1 aromatic carbocycles. The van der Waals surface area contributed by atoms with Crippen molar-refractivity contribution < 1.29 is 8.42 Å². The Kier molecular flexibility index (Phi) is 3.98. The average Bonchev–Trinajstić information content (AvgIpc) is 2.15. The number of aryl methyl sites for hydroxylation is 1. The first-order valence-electron chi connectivity index (χ1n) is 4.08. The predicted molar refractivity (Wildman–Crippen MR) is 66.3 cm³/mol. The van der Waals surface area contributed by atoms with E-state index in [1.165, 1.54) is 6.07 Å². The van der Waals surface area contributed by atoms with Crippen molar-refractivity contribution in [3.63, 3.8) is 0 Å². The second-order valence-electron chi connectivity index (χ2n) is 2.82. The van der Waals surface area contributed by atoms with E-state index in [1.807, 2.05) is 35.6 Å². The van der Waals surface area contributed by atoms with Gasteiger partial charge in [-0.15, -0.1) is 0 Å². The summed E-state index contributed by atoms with van der Waals surface area (Å²) in [5.74, 6) is 0. The largest absolute Gasteiger partial charge is 0.262 e. The maximum atomic E-state index is 11.2. The maximum absolute atomic E-state index is 11.2. The molecule has 0 fully saturated rings. The Morgan fingerprint density at radius 1 is 1.53 bits per heavy atom. The topological polar surface area (TPSA) is 57.9 Å². The van der Waals surface area contributed by atoms with Gasteiger partial charge in [-0.3, -0.25) is 0 Å². The Hall–Kier alpha value is -0.320. The molecule has 1 aromatic rings. The van der Waals surface area contributed by atoms with Crippen molar-refractivity contribution in [1.29, 1.82) is 5.26 Å². The standard InChI is InChI=1S/C9H7ClINO2S/c1-2-6-3-4-8(15(10,13)14)7(5-12)9(6)11/h3-4H,2H2,1H3. The zero-order chi connectivity index (χ0) is 11.6. The lowest BCUT2D eigenvalue weighted by atomic mass is 10.1. The molecular weight excluding hydrogens is 349 g/mol. The van der Waals surface area contributed by atoms with Crippen LogP contribution in [0.3, 0.4) is 0 Å². The molecule has 0 aromatic heterocycles. The number of rotatable bonds is 2. The van der Waals surface area contributed by atoms with Crippen LogP contribution < -0.4 is 0 Å². The zero-order valence-corrected chi connectivity index (χ0v) is 11.5. The maximum Gasteiger partial charge on any atom is 0.262 e. The van der Waals surface area contributed by atoms with Crippen LogP contribution in [-0.4, -0.2) is 8.42 Å². The second-order valence-corrected chi connectivity index (χ2v) is 6.43. The third-order valence-corrected chi connectivity index (χ3v) is 4.54. The molecule has 0 aliphatic carbocycles. The molecule has 6 heteroatoms. The molecule has 80 valence electrons. The van der Waals surface area contributed by atoms with Gasteiger partial charge in [-0.05, 0) is 40.6 Å². The van der Waals surface area contributed by atoms with Gasteiger partial charge in [-0.25, -0.2) is 8.42 Å². The molecule has 0 bridgehead atoms. The van der Waals surface area contributed by atoms with Gasteiger partial charge < -0.3 is 0 Å². The summed E-state index contributed by atoms with van der Waals surface area (Å²) in [5.41, 5.74) is 1.07. The minimum atomic E-state index is -3.85. The van der Waals surface area contributed by atoms with E-state index >= 15 is 0 Å². The van der Waals surface area contributed by atoms with Crippen molar-refractivity contribution in [3.8, 4) is 6.07 Å². The minimum Gasteiger partial charge on any atom is -0.207 e. The summed E-state index contributed by atoms with van der Waals surface area (Å²) >= 11 is 1.96. The average molecular weight is 356 g/mol. The first-order chi connectivity index (χ1) is 6.91. The number of benzene rings is 1. The molecule has 3 nitrogen and oxygen atoms in total.